The van der Waals surface area contributed by atoms with Crippen molar-refractivity contribution in [1.82, 2.24) is 9.97 Å². The van der Waals surface area contributed by atoms with E-state index in [0.717, 1.165) is 18.4 Å². The van der Waals surface area contributed by atoms with Gasteiger partial charge in [0.1, 0.15) is 0 Å². The molecule has 2 aromatic heterocycles. The van der Waals surface area contributed by atoms with Crippen LogP contribution < -0.4 is 0 Å². The average molecular weight is 280 g/mol. The molecule has 0 aliphatic rings. The van der Waals surface area contributed by atoms with Gasteiger partial charge in [0.05, 0.1) is 0 Å². The Bertz CT molecular complexity index is 578. The van der Waals surface area contributed by atoms with Gasteiger partial charge < -0.3 is 0 Å². The molecule has 21 heavy (non-hydrogen) atoms. The van der Waals surface area contributed by atoms with E-state index in [9.17, 15) is 0 Å². The molecule has 0 saturated carbocycles. The molecule has 0 fully saturated rings. The van der Waals surface area contributed by atoms with Crippen molar-refractivity contribution in [2.24, 2.45) is 0 Å². The van der Waals surface area contributed by atoms with Crippen LogP contribution in [0.1, 0.15) is 41.7 Å². The highest BCUT2D eigenvalue weighted by molar-refractivity contribution is 5.55. The van der Waals surface area contributed by atoms with Gasteiger partial charge in [-0.2, -0.15) is 0 Å². The lowest BCUT2D eigenvalue weighted by molar-refractivity contribution is 1.03. The fourth-order valence-electron chi connectivity index (χ4n) is 2.08. The van der Waals surface area contributed by atoms with E-state index in [2.05, 4.69) is 37.0 Å². The van der Waals surface area contributed by atoms with Gasteiger partial charge in [-0.05, 0) is 53.6 Å². The zero-order valence-electron chi connectivity index (χ0n) is 13.3. The molecule has 0 aliphatic carbocycles. The fourth-order valence-corrected chi connectivity index (χ4v) is 2.08. The third kappa shape index (κ3) is 4.99. The maximum Gasteiger partial charge on any atom is 0.0340 e. The number of hydrogen-bond donors (Lipinski definition) is 0. The first kappa shape index (κ1) is 16.8. The van der Waals surface area contributed by atoms with E-state index >= 15 is 0 Å². The summed E-state index contributed by atoms with van der Waals surface area (Å²) in [7, 11) is 0. The second kappa shape index (κ2) is 8.85. The van der Waals surface area contributed by atoms with Crippen molar-refractivity contribution >= 4 is 12.2 Å². The minimum absolute atomic E-state index is 1.03. The zero-order valence-corrected chi connectivity index (χ0v) is 13.3. The Balaban J connectivity index is 0.000000219. The number of pyridine rings is 2. The molecule has 0 bridgehead atoms. The van der Waals surface area contributed by atoms with Gasteiger partial charge in [-0.1, -0.05) is 39.2 Å². The van der Waals surface area contributed by atoms with Crippen LogP contribution in [0.15, 0.2) is 44.0 Å². The van der Waals surface area contributed by atoms with Crippen molar-refractivity contribution in [3.63, 3.8) is 0 Å². The Kier molecular flexibility index (Phi) is 7.10. The molecule has 0 saturated heterocycles. The second-order valence-electron chi connectivity index (χ2n) is 4.78. The summed E-state index contributed by atoms with van der Waals surface area (Å²) < 4.78 is 0. The van der Waals surface area contributed by atoms with Crippen LogP contribution in [0.3, 0.4) is 0 Å². The van der Waals surface area contributed by atoms with E-state index < -0.39 is 0 Å². The van der Waals surface area contributed by atoms with Gasteiger partial charge >= 0.3 is 0 Å². The molecule has 110 valence electrons. The number of nitrogens with zero attached hydrogens (tertiary/aromatic N) is 2. The molecule has 2 nitrogen and oxygen atoms in total. The van der Waals surface area contributed by atoms with Crippen LogP contribution in [0.4, 0.5) is 0 Å². The van der Waals surface area contributed by atoms with Crippen LogP contribution in [0.5, 0.6) is 0 Å². The first-order valence-corrected chi connectivity index (χ1v) is 7.28. The lowest BCUT2D eigenvalue weighted by Crippen LogP contribution is -1.94. The third-order valence-electron chi connectivity index (χ3n) is 3.25. The minimum atomic E-state index is 1.03. The smallest absolute Gasteiger partial charge is 0.0340 e. The molecule has 2 heterocycles. The summed E-state index contributed by atoms with van der Waals surface area (Å²) in [6.45, 7) is 13.8. The molecule has 0 aromatic carbocycles. The van der Waals surface area contributed by atoms with Crippen LogP contribution in [-0.4, -0.2) is 9.97 Å². The molecular weight excluding hydrogens is 256 g/mol. The topological polar surface area (TPSA) is 25.8 Å². The van der Waals surface area contributed by atoms with Crippen LogP contribution in [0.2, 0.25) is 0 Å². The van der Waals surface area contributed by atoms with Gasteiger partial charge in [0.25, 0.3) is 0 Å². The van der Waals surface area contributed by atoms with Crippen LogP contribution in [0.25, 0.3) is 12.2 Å². The zero-order chi connectivity index (χ0) is 15.7. The molecule has 0 aliphatic heterocycles. The van der Waals surface area contributed by atoms with Gasteiger partial charge in [0, 0.05) is 24.8 Å². The molecule has 2 heteroatoms. The summed E-state index contributed by atoms with van der Waals surface area (Å²) in [5.41, 5.74) is 6.12. The average Bonchev–Trinajstić information content (AvgIpc) is 2.54. The van der Waals surface area contributed by atoms with Gasteiger partial charge in [0.15, 0.2) is 0 Å². The predicted molar refractivity (Wildman–Crippen MR) is 92.1 cm³/mol. The Labute approximate surface area is 128 Å². The fraction of sp³-hybridized carbons (Fsp3) is 0.263. The third-order valence-corrected chi connectivity index (χ3v) is 3.25. The summed E-state index contributed by atoms with van der Waals surface area (Å²) in [5, 5.41) is 0. The maximum absolute atomic E-state index is 4.19. The standard InChI is InChI=1S/C11H15N.C8H9N/c1-4-9-7-12-8-10(5-2)11(9)6-3;1-3-8-4-7(2)5-9-6-8/h6-8H,3-5H2,1-2H3;3-6H,1H2,2H3. The quantitative estimate of drug-likeness (QED) is 0.797. The predicted octanol–water partition coefficient (Wildman–Crippen LogP) is 4.88. The first-order chi connectivity index (χ1) is 10.2. The van der Waals surface area contributed by atoms with Gasteiger partial charge in [-0.3, -0.25) is 9.97 Å². The molecule has 0 spiro atoms. The Hall–Kier alpha value is -2.22. The summed E-state index contributed by atoms with van der Waals surface area (Å²) in [6.07, 6.45) is 13.3. The van der Waals surface area contributed by atoms with Crippen LogP contribution in [-0.2, 0) is 12.8 Å². The largest absolute Gasteiger partial charge is 0.264 e. The maximum atomic E-state index is 4.19. The molecule has 0 radical (unpaired) electrons. The summed E-state index contributed by atoms with van der Waals surface area (Å²) in [5.74, 6) is 0. The Morgan fingerprint density at radius 3 is 1.86 bits per heavy atom. The van der Waals surface area contributed by atoms with E-state index in [-0.39, 0.29) is 0 Å². The summed E-state index contributed by atoms with van der Waals surface area (Å²) >= 11 is 0. The van der Waals surface area contributed by atoms with E-state index in [0.29, 0.717) is 0 Å². The van der Waals surface area contributed by atoms with Crippen LogP contribution >= 0.6 is 0 Å². The highest BCUT2D eigenvalue weighted by Crippen LogP contribution is 2.15. The molecule has 2 rings (SSSR count). The van der Waals surface area contributed by atoms with Gasteiger partial charge in [-0.25, -0.2) is 0 Å². The summed E-state index contributed by atoms with van der Waals surface area (Å²) in [6, 6.07) is 2.04. The lowest BCUT2D eigenvalue weighted by atomic mass is 10.0. The number of aromatic nitrogens is 2. The molecular formula is C19H24N2. The number of aryl methyl sites for hydroxylation is 3. The highest BCUT2D eigenvalue weighted by atomic mass is 14.6. The normalized spacial score (nSPS) is 9.48. The van der Waals surface area contributed by atoms with Gasteiger partial charge in [-0.15, -0.1) is 0 Å². The second-order valence-corrected chi connectivity index (χ2v) is 4.78. The number of hydrogen-bond acceptors (Lipinski definition) is 2. The first-order valence-electron chi connectivity index (χ1n) is 7.28. The minimum Gasteiger partial charge on any atom is -0.264 e. The monoisotopic (exact) mass is 280 g/mol. The molecule has 0 atom stereocenters. The van der Waals surface area contributed by atoms with E-state index in [1.165, 1.54) is 22.3 Å². The van der Waals surface area contributed by atoms with E-state index in [1.54, 1.807) is 12.3 Å². The Morgan fingerprint density at radius 1 is 0.905 bits per heavy atom. The molecule has 2 aromatic rings. The van der Waals surface area contributed by atoms with Crippen molar-refractivity contribution in [3.8, 4) is 0 Å². The van der Waals surface area contributed by atoms with Crippen molar-refractivity contribution in [2.45, 2.75) is 33.6 Å². The molecule has 0 amide bonds. The Morgan fingerprint density at radius 2 is 1.48 bits per heavy atom. The van der Waals surface area contributed by atoms with Crippen molar-refractivity contribution < 1.29 is 0 Å². The van der Waals surface area contributed by atoms with Crippen molar-refractivity contribution in [3.05, 3.63) is 71.8 Å². The van der Waals surface area contributed by atoms with E-state index in [4.69, 9.17) is 0 Å². The van der Waals surface area contributed by atoms with Crippen molar-refractivity contribution in [1.29, 1.82) is 0 Å². The van der Waals surface area contributed by atoms with Gasteiger partial charge in [0.2, 0.25) is 0 Å². The SMILES string of the molecule is C=Cc1c(CC)cncc1CC.C=Cc1cncc(C)c1. The lowest BCUT2D eigenvalue weighted by Gasteiger charge is -2.06. The van der Waals surface area contributed by atoms with Crippen molar-refractivity contribution in [2.75, 3.05) is 0 Å². The summed E-state index contributed by atoms with van der Waals surface area (Å²) in [4.78, 5) is 8.17. The highest BCUT2D eigenvalue weighted by Gasteiger charge is 2.01. The van der Waals surface area contributed by atoms with Crippen LogP contribution in [0, 0.1) is 6.92 Å². The molecule has 0 unspecified atom stereocenters. The number of rotatable bonds is 4. The van der Waals surface area contributed by atoms with E-state index in [1.807, 2.05) is 37.7 Å². The molecule has 0 N–H and O–H groups in total.